The van der Waals surface area contributed by atoms with E-state index in [0.29, 0.717) is 29.3 Å². The van der Waals surface area contributed by atoms with Gasteiger partial charge >= 0.3 is 0 Å². The maximum atomic E-state index is 11.2. The van der Waals surface area contributed by atoms with Crippen LogP contribution in [0.5, 0.6) is 5.75 Å². The summed E-state index contributed by atoms with van der Waals surface area (Å²) in [5.74, 6) is 5.91. The van der Waals surface area contributed by atoms with Crippen molar-refractivity contribution in [3.8, 4) is 17.6 Å². The summed E-state index contributed by atoms with van der Waals surface area (Å²) in [6.45, 7) is 4.29. The van der Waals surface area contributed by atoms with Crippen LogP contribution in [-0.4, -0.2) is 22.5 Å². The zero-order valence-electron chi connectivity index (χ0n) is 14.5. The third-order valence-electron chi connectivity index (χ3n) is 3.68. The van der Waals surface area contributed by atoms with Gasteiger partial charge in [0.05, 0.1) is 11.2 Å². The van der Waals surface area contributed by atoms with E-state index in [1.54, 1.807) is 6.07 Å². The average molecular weight is 378 g/mol. The number of nitrogens with two attached hydrogens (primary N) is 1. The van der Waals surface area contributed by atoms with E-state index in [9.17, 15) is 9.90 Å². The molecule has 7 heteroatoms. The number of carbonyl (C=O) groups is 1. The molecular weight excluding hydrogens is 360 g/mol. The molecule has 2 aromatic carbocycles. The van der Waals surface area contributed by atoms with Gasteiger partial charge in [-0.15, -0.1) is 0 Å². The number of hydrogen-bond acceptors (Lipinski definition) is 6. The van der Waals surface area contributed by atoms with E-state index in [4.69, 9.17) is 5.73 Å². The average Bonchev–Trinajstić information content (AvgIpc) is 3.04. The maximum Gasteiger partial charge on any atom is 0.243 e. The second-order valence-corrected chi connectivity index (χ2v) is 6.73. The highest BCUT2D eigenvalue weighted by Gasteiger charge is 2.07. The predicted molar refractivity (Wildman–Crippen MR) is 110 cm³/mol. The number of fused-ring (bicyclic) bond motifs is 1. The van der Waals surface area contributed by atoms with Crippen LogP contribution in [0.3, 0.4) is 0 Å². The minimum atomic E-state index is -0.206. The Kier molecular flexibility index (Phi) is 5.59. The third kappa shape index (κ3) is 4.77. The number of amides is 1. The second-order valence-electron chi connectivity index (χ2n) is 5.67. The smallest absolute Gasteiger partial charge is 0.243 e. The lowest BCUT2D eigenvalue weighted by Gasteiger charge is -2.06. The van der Waals surface area contributed by atoms with Crippen molar-refractivity contribution in [2.45, 2.75) is 6.54 Å². The van der Waals surface area contributed by atoms with Gasteiger partial charge in [0.1, 0.15) is 11.3 Å². The number of hydrogen-bond donors (Lipinski definition) is 4. The van der Waals surface area contributed by atoms with Gasteiger partial charge in [0.25, 0.3) is 0 Å². The van der Waals surface area contributed by atoms with Crippen molar-refractivity contribution in [2.24, 2.45) is 0 Å². The number of aromatic hydroxyl groups is 1. The van der Waals surface area contributed by atoms with Crippen LogP contribution in [0.2, 0.25) is 0 Å². The molecule has 0 unspecified atom stereocenters. The van der Waals surface area contributed by atoms with Gasteiger partial charge in [0.2, 0.25) is 5.91 Å². The fourth-order valence-electron chi connectivity index (χ4n) is 2.45. The van der Waals surface area contributed by atoms with Gasteiger partial charge in [-0.3, -0.25) is 4.79 Å². The van der Waals surface area contributed by atoms with E-state index in [2.05, 4.69) is 34.0 Å². The van der Waals surface area contributed by atoms with Crippen molar-refractivity contribution in [1.82, 2.24) is 10.3 Å². The Balaban J connectivity index is 1.62. The molecule has 0 spiro atoms. The van der Waals surface area contributed by atoms with E-state index in [0.717, 1.165) is 16.0 Å². The van der Waals surface area contributed by atoms with Crippen molar-refractivity contribution in [1.29, 1.82) is 0 Å². The van der Waals surface area contributed by atoms with Crippen LogP contribution in [0.25, 0.3) is 10.2 Å². The Labute approximate surface area is 160 Å². The molecule has 0 aliphatic rings. The summed E-state index contributed by atoms with van der Waals surface area (Å²) in [5, 5.41) is 16.4. The lowest BCUT2D eigenvalue weighted by atomic mass is 10.2. The quantitative estimate of drug-likeness (QED) is 0.404. The Morgan fingerprint density at radius 1 is 1.37 bits per heavy atom. The number of nitrogen functional groups attached to an aromatic ring is 1. The number of nitrogens with one attached hydrogen (secondary N) is 2. The Bertz CT molecular complexity index is 1060. The minimum Gasteiger partial charge on any atom is -0.506 e. The number of thiazole rings is 1. The highest BCUT2D eigenvalue weighted by atomic mass is 32.1. The van der Waals surface area contributed by atoms with Crippen LogP contribution >= 0.6 is 11.3 Å². The molecule has 27 heavy (non-hydrogen) atoms. The van der Waals surface area contributed by atoms with Crippen LogP contribution < -0.4 is 16.4 Å². The maximum absolute atomic E-state index is 11.2. The van der Waals surface area contributed by atoms with E-state index in [-0.39, 0.29) is 11.7 Å². The standard InChI is InChI=1S/C20H18N4O2S/c1-2-18(26)23-12-14-5-3-7-15(9-14)22-8-4-6-13-10-16(25)19-17(11-13)27-20(21)24-19/h2-3,5,7,9-11,22,25H,1,8,12H2,(H2,21,24)(H,23,26). The van der Waals surface area contributed by atoms with Gasteiger partial charge in [0.15, 0.2) is 5.13 Å². The summed E-state index contributed by atoms with van der Waals surface area (Å²) in [6.07, 6.45) is 1.24. The van der Waals surface area contributed by atoms with Crippen LogP contribution in [0, 0.1) is 11.8 Å². The Morgan fingerprint density at radius 3 is 3.04 bits per heavy atom. The van der Waals surface area contributed by atoms with Crippen LogP contribution in [0.4, 0.5) is 10.8 Å². The highest BCUT2D eigenvalue weighted by molar-refractivity contribution is 7.22. The monoisotopic (exact) mass is 378 g/mol. The molecule has 1 aromatic heterocycles. The number of aromatic nitrogens is 1. The number of phenolic OH excluding ortho intramolecular Hbond substituents is 1. The number of phenols is 1. The first-order valence-electron chi connectivity index (χ1n) is 8.16. The van der Waals surface area contributed by atoms with Crippen LogP contribution in [0.1, 0.15) is 11.1 Å². The van der Waals surface area contributed by atoms with Crippen molar-refractivity contribution >= 4 is 38.3 Å². The summed E-state index contributed by atoms with van der Waals surface area (Å²) in [4.78, 5) is 15.3. The number of carbonyl (C=O) groups excluding carboxylic acids is 1. The normalized spacial score (nSPS) is 10.1. The van der Waals surface area contributed by atoms with Crippen molar-refractivity contribution in [2.75, 3.05) is 17.6 Å². The van der Waals surface area contributed by atoms with Gasteiger partial charge < -0.3 is 21.5 Å². The first-order valence-corrected chi connectivity index (χ1v) is 8.98. The fraction of sp³-hybridized carbons (Fsp3) is 0.100. The lowest BCUT2D eigenvalue weighted by molar-refractivity contribution is -0.116. The Morgan fingerprint density at radius 2 is 2.22 bits per heavy atom. The van der Waals surface area contributed by atoms with Gasteiger partial charge in [-0.1, -0.05) is 41.9 Å². The zero-order chi connectivity index (χ0) is 19.2. The van der Waals surface area contributed by atoms with E-state index in [1.807, 2.05) is 30.3 Å². The molecule has 0 bridgehead atoms. The van der Waals surface area contributed by atoms with Gasteiger partial charge in [-0.25, -0.2) is 4.98 Å². The zero-order valence-corrected chi connectivity index (χ0v) is 15.3. The molecule has 0 aliphatic heterocycles. The number of nitrogens with zero attached hydrogens (tertiary/aromatic N) is 1. The second kappa shape index (κ2) is 8.25. The molecule has 0 saturated carbocycles. The molecule has 0 radical (unpaired) electrons. The fourth-order valence-corrected chi connectivity index (χ4v) is 3.24. The van der Waals surface area contributed by atoms with Crippen molar-refractivity contribution < 1.29 is 9.90 Å². The summed E-state index contributed by atoms with van der Waals surface area (Å²) in [6, 6.07) is 11.2. The molecular formula is C20H18N4O2S. The number of rotatable bonds is 5. The van der Waals surface area contributed by atoms with Gasteiger partial charge in [-0.05, 0) is 35.9 Å². The molecule has 136 valence electrons. The molecule has 6 nitrogen and oxygen atoms in total. The summed E-state index contributed by atoms with van der Waals surface area (Å²) >= 11 is 1.31. The molecule has 1 amide bonds. The van der Waals surface area contributed by atoms with Crippen LogP contribution in [-0.2, 0) is 11.3 Å². The molecule has 3 rings (SSSR count). The van der Waals surface area contributed by atoms with E-state index >= 15 is 0 Å². The van der Waals surface area contributed by atoms with Crippen LogP contribution in [0.15, 0.2) is 49.1 Å². The first kappa shape index (κ1) is 18.3. The lowest BCUT2D eigenvalue weighted by Crippen LogP contribution is -2.19. The molecule has 0 aliphatic carbocycles. The third-order valence-corrected chi connectivity index (χ3v) is 4.52. The molecule has 0 atom stereocenters. The SMILES string of the molecule is C=CC(=O)NCc1cccc(NCC#Cc2cc(O)c3nc(N)sc3c2)c1. The molecule has 0 saturated heterocycles. The van der Waals surface area contributed by atoms with Gasteiger partial charge in [0, 0.05) is 17.8 Å². The van der Waals surface area contributed by atoms with Crippen molar-refractivity contribution in [3.63, 3.8) is 0 Å². The summed E-state index contributed by atoms with van der Waals surface area (Å²) in [5.41, 5.74) is 8.76. The number of anilines is 2. The van der Waals surface area contributed by atoms with Gasteiger partial charge in [-0.2, -0.15) is 0 Å². The van der Waals surface area contributed by atoms with E-state index < -0.39 is 0 Å². The van der Waals surface area contributed by atoms with Crippen molar-refractivity contribution in [3.05, 3.63) is 60.2 Å². The molecule has 3 aromatic rings. The highest BCUT2D eigenvalue weighted by Crippen LogP contribution is 2.31. The largest absolute Gasteiger partial charge is 0.506 e. The van der Waals surface area contributed by atoms with E-state index in [1.165, 1.54) is 17.4 Å². The number of benzene rings is 2. The molecule has 1 heterocycles. The molecule has 0 fully saturated rings. The molecule has 5 N–H and O–H groups in total. The topological polar surface area (TPSA) is 100 Å². The first-order chi connectivity index (χ1) is 13.0. The predicted octanol–water partition coefficient (Wildman–Crippen LogP) is 2.85. The summed E-state index contributed by atoms with van der Waals surface area (Å²) in [7, 11) is 0. The summed E-state index contributed by atoms with van der Waals surface area (Å²) < 4.78 is 0.805. The Hall–Kier alpha value is -3.50. The minimum absolute atomic E-state index is 0.0759.